The number of halogens is 1. The van der Waals surface area contributed by atoms with Crippen molar-refractivity contribution in [2.75, 3.05) is 0 Å². The summed E-state index contributed by atoms with van der Waals surface area (Å²) in [6.45, 7) is 3.88. The van der Waals surface area contributed by atoms with E-state index in [2.05, 4.69) is 6.07 Å². The minimum Gasteiger partial charge on any atom is -0.462 e. The highest BCUT2D eigenvalue weighted by atomic mass is 19.1. The van der Waals surface area contributed by atoms with Crippen LogP contribution in [-0.4, -0.2) is 0 Å². The van der Waals surface area contributed by atoms with Gasteiger partial charge < -0.3 is 4.74 Å². The first kappa shape index (κ1) is 9.78. The Morgan fingerprint density at radius 1 is 1.69 bits per heavy atom. The Labute approximate surface area is 77.8 Å². The van der Waals surface area contributed by atoms with Gasteiger partial charge in [-0.2, -0.15) is 0 Å². The predicted octanol–water partition coefficient (Wildman–Crippen LogP) is 3.32. The molecule has 0 amide bonds. The molecule has 69 valence electrons. The fourth-order valence-corrected chi connectivity index (χ4v) is 0.968. The number of rotatable bonds is 3. The molecule has 0 aliphatic heterocycles. The van der Waals surface area contributed by atoms with Crippen LogP contribution in [0.4, 0.5) is 4.39 Å². The molecule has 1 nitrogen and oxygen atoms in total. The predicted molar refractivity (Wildman–Crippen MR) is 49.9 cm³/mol. The van der Waals surface area contributed by atoms with E-state index in [1.165, 1.54) is 12.1 Å². The van der Waals surface area contributed by atoms with Gasteiger partial charge in [0, 0.05) is 18.6 Å². The van der Waals surface area contributed by atoms with Crippen molar-refractivity contribution >= 4 is 0 Å². The van der Waals surface area contributed by atoms with Crippen LogP contribution >= 0.6 is 0 Å². The van der Waals surface area contributed by atoms with Gasteiger partial charge in [-0.05, 0) is 25.1 Å². The van der Waals surface area contributed by atoms with Crippen LogP contribution in [0.5, 0.6) is 5.75 Å². The fraction of sp³-hybridized carbons (Fsp3) is 0.273. The lowest BCUT2D eigenvalue weighted by atomic mass is 10.3. The minimum atomic E-state index is -0.399. The summed E-state index contributed by atoms with van der Waals surface area (Å²) in [5, 5.41) is 0. The van der Waals surface area contributed by atoms with Crippen molar-refractivity contribution in [3.05, 3.63) is 41.9 Å². The Hall–Kier alpha value is -1.31. The van der Waals surface area contributed by atoms with Crippen molar-refractivity contribution < 1.29 is 9.13 Å². The molecule has 0 heterocycles. The quantitative estimate of drug-likeness (QED) is 0.647. The third-order valence-corrected chi connectivity index (χ3v) is 1.66. The summed E-state index contributed by atoms with van der Waals surface area (Å²) in [6, 6.07) is 6.92. The van der Waals surface area contributed by atoms with Gasteiger partial charge >= 0.3 is 0 Å². The van der Waals surface area contributed by atoms with E-state index in [1.807, 2.05) is 19.9 Å². The summed E-state index contributed by atoms with van der Waals surface area (Å²) >= 11 is 0. The van der Waals surface area contributed by atoms with Gasteiger partial charge in [-0.1, -0.05) is 6.92 Å². The molecular weight excluding hydrogens is 167 g/mol. The lowest BCUT2D eigenvalue weighted by molar-refractivity contribution is 0.405. The third kappa shape index (κ3) is 2.90. The molecule has 0 atom stereocenters. The second-order valence-electron chi connectivity index (χ2n) is 2.58. The molecule has 0 fully saturated rings. The van der Waals surface area contributed by atoms with Crippen molar-refractivity contribution in [1.29, 1.82) is 0 Å². The Bertz CT molecular complexity index is 305. The summed E-state index contributed by atoms with van der Waals surface area (Å²) < 4.78 is 18.1. The summed E-state index contributed by atoms with van der Waals surface area (Å²) in [4.78, 5) is 0. The van der Waals surface area contributed by atoms with Gasteiger partial charge in [0.25, 0.3) is 0 Å². The largest absolute Gasteiger partial charge is 0.462 e. The first-order chi connectivity index (χ1) is 6.26. The highest BCUT2D eigenvalue weighted by molar-refractivity contribution is 5.23. The molecule has 1 aromatic carbocycles. The van der Waals surface area contributed by atoms with E-state index in [0.29, 0.717) is 5.75 Å². The topological polar surface area (TPSA) is 9.23 Å². The van der Waals surface area contributed by atoms with Crippen LogP contribution < -0.4 is 4.74 Å². The summed E-state index contributed by atoms with van der Waals surface area (Å²) in [6.07, 6.45) is 2.67. The number of allylic oxidation sites excluding steroid dienone is 2. The van der Waals surface area contributed by atoms with Crippen LogP contribution in [0.15, 0.2) is 30.0 Å². The molecular formula is C11H12FO. The van der Waals surface area contributed by atoms with Crippen LogP contribution in [0.3, 0.4) is 0 Å². The average molecular weight is 179 g/mol. The molecule has 13 heavy (non-hydrogen) atoms. The SMILES string of the molecule is CC=C(CC)Oc1cc[c]c(F)c1. The molecule has 0 saturated heterocycles. The second-order valence-corrected chi connectivity index (χ2v) is 2.58. The molecule has 0 bridgehead atoms. The zero-order valence-electron chi connectivity index (χ0n) is 7.80. The molecule has 0 N–H and O–H groups in total. The van der Waals surface area contributed by atoms with Crippen molar-refractivity contribution in [2.24, 2.45) is 0 Å². The first-order valence-corrected chi connectivity index (χ1v) is 4.26. The van der Waals surface area contributed by atoms with E-state index in [4.69, 9.17) is 4.74 Å². The van der Waals surface area contributed by atoms with E-state index in [0.717, 1.165) is 12.2 Å². The molecule has 0 aliphatic rings. The molecule has 1 radical (unpaired) electrons. The van der Waals surface area contributed by atoms with Crippen molar-refractivity contribution in [3.63, 3.8) is 0 Å². The van der Waals surface area contributed by atoms with Gasteiger partial charge in [0.1, 0.15) is 11.6 Å². The van der Waals surface area contributed by atoms with E-state index in [1.54, 1.807) is 6.07 Å². The lowest BCUT2D eigenvalue weighted by Gasteiger charge is -2.06. The van der Waals surface area contributed by atoms with Crippen molar-refractivity contribution in [1.82, 2.24) is 0 Å². The number of hydrogen-bond donors (Lipinski definition) is 0. The third-order valence-electron chi connectivity index (χ3n) is 1.66. The van der Waals surface area contributed by atoms with E-state index in [-0.39, 0.29) is 0 Å². The molecule has 0 spiro atoms. The maximum atomic E-state index is 12.7. The Balaban J connectivity index is 2.74. The van der Waals surface area contributed by atoms with Gasteiger partial charge in [0.15, 0.2) is 0 Å². The summed E-state index contributed by atoms with van der Waals surface area (Å²) in [5.74, 6) is 0.959. The Morgan fingerprint density at radius 2 is 2.46 bits per heavy atom. The number of hydrogen-bond acceptors (Lipinski definition) is 1. The molecule has 0 aromatic heterocycles. The first-order valence-electron chi connectivity index (χ1n) is 4.26. The molecule has 1 rings (SSSR count). The van der Waals surface area contributed by atoms with Gasteiger partial charge in [-0.3, -0.25) is 0 Å². The number of ether oxygens (including phenoxy) is 1. The molecule has 0 unspecified atom stereocenters. The van der Waals surface area contributed by atoms with Crippen LogP contribution in [0.25, 0.3) is 0 Å². The summed E-state index contributed by atoms with van der Waals surface area (Å²) in [5.41, 5.74) is 0. The zero-order chi connectivity index (χ0) is 9.68. The molecule has 2 heteroatoms. The fourth-order valence-electron chi connectivity index (χ4n) is 0.968. The Kier molecular flexibility index (Phi) is 3.50. The molecule has 0 aliphatic carbocycles. The van der Waals surface area contributed by atoms with Crippen LogP contribution in [0.2, 0.25) is 0 Å². The van der Waals surface area contributed by atoms with Gasteiger partial charge in [-0.15, -0.1) is 0 Å². The monoisotopic (exact) mass is 179 g/mol. The van der Waals surface area contributed by atoms with Gasteiger partial charge in [0.2, 0.25) is 0 Å². The standard InChI is InChI=1S/C11H12FO/c1-3-10(4-2)13-11-7-5-6-9(12)8-11/h3,5,7-8H,4H2,1-2H3. The maximum absolute atomic E-state index is 12.7. The smallest absolute Gasteiger partial charge is 0.134 e. The van der Waals surface area contributed by atoms with Crippen LogP contribution in [0, 0.1) is 11.9 Å². The zero-order valence-corrected chi connectivity index (χ0v) is 7.80. The second kappa shape index (κ2) is 4.65. The highest BCUT2D eigenvalue weighted by Crippen LogP contribution is 2.15. The van der Waals surface area contributed by atoms with E-state index < -0.39 is 5.82 Å². The van der Waals surface area contributed by atoms with E-state index in [9.17, 15) is 4.39 Å². The number of benzene rings is 1. The van der Waals surface area contributed by atoms with Crippen molar-refractivity contribution in [3.8, 4) is 5.75 Å². The molecule has 1 aromatic rings. The highest BCUT2D eigenvalue weighted by Gasteiger charge is 1.98. The lowest BCUT2D eigenvalue weighted by Crippen LogP contribution is -1.93. The normalized spacial score (nSPS) is 11.5. The van der Waals surface area contributed by atoms with Gasteiger partial charge in [-0.25, -0.2) is 4.39 Å². The average Bonchev–Trinajstić information content (AvgIpc) is 2.14. The summed E-state index contributed by atoms with van der Waals surface area (Å²) in [7, 11) is 0. The molecule has 0 saturated carbocycles. The van der Waals surface area contributed by atoms with Gasteiger partial charge in [0.05, 0.1) is 5.76 Å². The Morgan fingerprint density at radius 3 is 3.00 bits per heavy atom. The van der Waals surface area contributed by atoms with Crippen LogP contribution in [0.1, 0.15) is 20.3 Å². The van der Waals surface area contributed by atoms with E-state index >= 15 is 0 Å². The maximum Gasteiger partial charge on any atom is 0.134 e. The van der Waals surface area contributed by atoms with Crippen molar-refractivity contribution in [2.45, 2.75) is 20.3 Å². The minimum absolute atomic E-state index is 0.399. The van der Waals surface area contributed by atoms with Crippen LogP contribution in [-0.2, 0) is 0 Å².